The first-order valence-corrected chi connectivity index (χ1v) is 42.8. The number of piperidine rings is 4. The number of anilines is 14. The van der Waals surface area contributed by atoms with Crippen molar-refractivity contribution in [3.8, 4) is 66.8 Å². The number of benzene rings is 15. The SMILES string of the molecule is c1ccc(-c2cccc(-c3ccccc3)c2N2c3ccccc3B3c4cc5c(cc4N(c4ccccc4)c4cc(N6C7CC8CC(C7)CC6C8)cc2c43)N(c2c(-c3ccccc3)cccc2-c2ccccc2)c2cc(N3C4CC6CC(C4)CC3C6)cc3c2B5c2ccccc2N3c2c(-c3ccccc3)cccc2-c2ccccc2)cc1. The molecule has 554 valence electrons. The van der Waals surface area contributed by atoms with Crippen LogP contribution in [-0.2, 0) is 0 Å². The van der Waals surface area contributed by atoms with Gasteiger partial charge in [-0.25, -0.2) is 0 Å². The second kappa shape index (κ2) is 26.4. The Morgan fingerprint density at radius 3 is 0.759 bits per heavy atom. The number of nitrogens with zero attached hydrogens (tertiary/aromatic N) is 6. The summed E-state index contributed by atoms with van der Waals surface area (Å²) in [6.07, 6.45) is 12.8. The zero-order chi connectivity index (χ0) is 75.8. The van der Waals surface area contributed by atoms with Crippen LogP contribution < -0.4 is 62.2 Å². The van der Waals surface area contributed by atoms with Gasteiger partial charge in [-0.05, 0) is 209 Å². The normalized spacial score (nSPS) is 21.0. The lowest BCUT2D eigenvalue weighted by Gasteiger charge is -2.58. The second-order valence-corrected chi connectivity index (χ2v) is 35.0. The molecule has 15 aromatic carbocycles. The molecule has 0 aromatic heterocycles. The van der Waals surface area contributed by atoms with Gasteiger partial charge in [0.05, 0.1) is 17.1 Å². The van der Waals surface area contributed by atoms with Gasteiger partial charge in [-0.1, -0.05) is 297 Å². The number of fused-ring (bicyclic) bond motifs is 8. The zero-order valence-corrected chi connectivity index (χ0v) is 65.0. The second-order valence-electron chi connectivity index (χ2n) is 35.0. The maximum Gasteiger partial charge on any atom is 0.252 e. The molecule has 8 heterocycles. The molecular formula is C108H86B2N6. The Labute approximate surface area is 681 Å². The Kier molecular flexibility index (Phi) is 15.2. The minimum absolute atomic E-state index is 0.196. The summed E-state index contributed by atoms with van der Waals surface area (Å²) in [6, 6.07) is 138. The quantitative estimate of drug-likeness (QED) is 0.113. The predicted molar refractivity (Wildman–Crippen MR) is 487 cm³/mol. The van der Waals surface area contributed by atoms with E-state index in [1.54, 1.807) is 0 Å². The Balaban J connectivity index is 0.825. The Morgan fingerprint density at radius 2 is 0.448 bits per heavy atom. The van der Waals surface area contributed by atoms with Gasteiger partial charge < -0.3 is 29.4 Å². The van der Waals surface area contributed by atoms with Gasteiger partial charge >= 0.3 is 0 Å². The van der Waals surface area contributed by atoms with Crippen molar-refractivity contribution in [1.82, 2.24) is 0 Å². The van der Waals surface area contributed by atoms with Crippen LogP contribution in [0.25, 0.3) is 66.8 Å². The highest BCUT2D eigenvalue weighted by Gasteiger charge is 2.54. The largest absolute Gasteiger partial charge is 0.365 e. The standard InChI is InChI=1S/C108H86B2N6/c1-8-29-73(30-9-1)86-43-26-44-87(74-31-10-2-11-32-74)106(86)114-96-51-24-22-49-92(96)109-94-67-95-99(68-98(94)113(79-41-20-7-21-42-79)100-63-84(64-101(114)104(100)109)111-80-55-69-53-70(57-80)58-81(111)56-69)116(108-90(77-37-16-5-17-38-77)47-28-48-91(108)78-39-18-6-19-40-78)103-66-85(112-82-59-71-54-72(61-82)62-83(112)60-71)65-102-105(103)110(95)93-50-23-25-52-97(93)115(102)107-88(75-33-12-3-13-34-75)45-27-46-89(107)76-35-14-4-15-36-76/h1-52,63-72,80-83H,53-62H2. The van der Waals surface area contributed by atoms with Crippen LogP contribution >= 0.6 is 0 Å². The Morgan fingerprint density at radius 1 is 0.190 bits per heavy atom. The third-order valence-electron chi connectivity index (χ3n) is 28.7. The average molecular weight is 1490 g/mol. The number of para-hydroxylation sites is 6. The lowest BCUT2D eigenvalue weighted by atomic mass is 9.30. The molecule has 12 aliphatic rings. The van der Waals surface area contributed by atoms with Crippen LogP contribution in [0.2, 0.25) is 0 Å². The molecule has 0 radical (unpaired) electrons. The van der Waals surface area contributed by atoms with E-state index in [1.165, 1.54) is 238 Å². The van der Waals surface area contributed by atoms with Crippen molar-refractivity contribution in [2.45, 2.75) is 88.4 Å². The summed E-state index contributed by atoms with van der Waals surface area (Å²) in [5.74, 6) is 3.13. The first-order chi connectivity index (χ1) is 57.5. The van der Waals surface area contributed by atoms with Crippen molar-refractivity contribution in [2.24, 2.45) is 23.7 Å². The monoisotopic (exact) mass is 1490 g/mol. The Bertz CT molecular complexity index is 6190. The minimum atomic E-state index is -0.223. The fourth-order valence-corrected chi connectivity index (χ4v) is 24.6. The van der Waals surface area contributed by atoms with Crippen molar-refractivity contribution in [1.29, 1.82) is 0 Å². The molecule has 27 rings (SSSR count). The van der Waals surface area contributed by atoms with Gasteiger partial charge in [-0.15, -0.1) is 0 Å². The van der Waals surface area contributed by atoms with Crippen LogP contribution in [0.3, 0.4) is 0 Å². The summed E-state index contributed by atoms with van der Waals surface area (Å²) in [5, 5.41) is 0. The molecule has 4 saturated heterocycles. The fraction of sp³-hybridized carbons (Fsp3) is 0.167. The maximum atomic E-state index is 2.98. The fourth-order valence-electron chi connectivity index (χ4n) is 24.6. The van der Waals surface area contributed by atoms with Gasteiger partial charge in [0.15, 0.2) is 0 Å². The van der Waals surface area contributed by atoms with Crippen LogP contribution in [0.1, 0.15) is 64.2 Å². The van der Waals surface area contributed by atoms with Gasteiger partial charge in [-0.2, -0.15) is 0 Å². The van der Waals surface area contributed by atoms with E-state index in [0.717, 1.165) is 29.4 Å². The van der Waals surface area contributed by atoms with E-state index in [1.807, 2.05) is 0 Å². The summed E-state index contributed by atoms with van der Waals surface area (Å²) in [6.45, 7) is -0.418. The van der Waals surface area contributed by atoms with Gasteiger partial charge in [0.2, 0.25) is 0 Å². The highest BCUT2D eigenvalue weighted by atomic mass is 15.3. The smallest absolute Gasteiger partial charge is 0.252 e. The maximum absolute atomic E-state index is 2.98. The third-order valence-corrected chi connectivity index (χ3v) is 28.7. The van der Waals surface area contributed by atoms with Crippen molar-refractivity contribution in [3.05, 3.63) is 352 Å². The van der Waals surface area contributed by atoms with Crippen LogP contribution in [0.5, 0.6) is 0 Å². The minimum Gasteiger partial charge on any atom is -0.365 e. The number of hydrogen-bond acceptors (Lipinski definition) is 6. The summed E-state index contributed by atoms with van der Waals surface area (Å²) in [5.41, 5.74) is 39.3. The summed E-state index contributed by atoms with van der Waals surface area (Å²) in [7, 11) is 0. The molecule has 8 heteroatoms. The molecular weight excluding hydrogens is 1400 g/mol. The first-order valence-electron chi connectivity index (χ1n) is 42.8. The molecule has 4 aliphatic carbocycles. The number of hydrogen-bond donors (Lipinski definition) is 0. The molecule has 0 unspecified atom stereocenters. The lowest BCUT2D eigenvalue weighted by molar-refractivity contribution is 0.0899. The van der Waals surface area contributed by atoms with E-state index in [4.69, 9.17) is 0 Å². The molecule has 6 nitrogen and oxygen atoms in total. The van der Waals surface area contributed by atoms with E-state index in [2.05, 4.69) is 381 Å². The molecule has 8 fully saturated rings. The summed E-state index contributed by atoms with van der Waals surface area (Å²) < 4.78 is 0. The molecule has 0 amide bonds. The molecule has 8 bridgehead atoms. The van der Waals surface area contributed by atoms with Gasteiger partial charge in [0.25, 0.3) is 13.4 Å². The van der Waals surface area contributed by atoms with Crippen molar-refractivity contribution >= 4 is 126 Å². The van der Waals surface area contributed by atoms with E-state index in [0.29, 0.717) is 24.2 Å². The zero-order valence-electron chi connectivity index (χ0n) is 65.0. The van der Waals surface area contributed by atoms with Gasteiger partial charge in [0.1, 0.15) is 0 Å². The molecule has 4 saturated carbocycles. The van der Waals surface area contributed by atoms with Crippen molar-refractivity contribution < 1.29 is 0 Å². The third kappa shape index (κ3) is 10.2. The highest BCUT2D eigenvalue weighted by molar-refractivity contribution is 7.03. The first kappa shape index (κ1) is 66.6. The molecule has 8 aliphatic heterocycles. The average Bonchev–Trinajstić information content (AvgIpc) is 0.695. The molecule has 116 heavy (non-hydrogen) atoms. The molecule has 0 atom stereocenters. The molecule has 15 aromatic rings. The van der Waals surface area contributed by atoms with Crippen LogP contribution in [0.15, 0.2) is 352 Å². The van der Waals surface area contributed by atoms with E-state index >= 15 is 0 Å². The lowest BCUT2D eigenvalue weighted by Crippen LogP contribution is -2.65. The van der Waals surface area contributed by atoms with Gasteiger partial charge in [0, 0.05) is 120 Å². The number of rotatable bonds is 12. The topological polar surface area (TPSA) is 19.4 Å². The van der Waals surface area contributed by atoms with Crippen LogP contribution in [0.4, 0.5) is 79.6 Å². The predicted octanol–water partition coefficient (Wildman–Crippen LogP) is 23.4. The summed E-state index contributed by atoms with van der Waals surface area (Å²) in [4.78, 5) is 17.0. The van der Waals surface area contributed by atoms with Crippen molar-refractivity contribution in [2.75, 3.05) is 29.4 Å². The van der Waals surface area contributed by atoms with Crippen LogP contribution in [0, 0.1) is 23.7 Å². The van der Waals surface area contributed by atoms with Crippen molar-refractivity contribution in [3.63, 3.8) is 0 Å². The van der Waals surface area contributed by atoms with E-state index in [9.17, 15) is 0 Å². The Hall–Kier alpha value is -12.8. The highest BCUT2D eigenvalue weighted by Crippen LogP contribution is 2.60. The van der Waals surface area contributed by atoms with Crippen LogP contribution in [-0.4, -0.2) is 37.6 Å². The van der Waals surface area contributed by atoms with E-state index in [-0.39, 0.29) is 13.4 Å². The molecule has 0 N–H and O–H groups in total. The molecule has 0 spiro atoms. The summed E-state index contributed by atoms with van der Waals surface area (Å²) >= 11 is 0. The van der Waals surface area contributed by atoms with E-state index < -0.39 is 0 Å². The van der Waals surface area contributed by atoms with Gasteiger partial charge in [-0.3, -0.25) is 0 Å².